The van der Waals surface area contributed by atoms with E-state index < -0.39 is 12.4 Å². The summed E-state index contributed by atoms with van der Waals surface area (Å²) < 4.78 is 9.40. The van der Waals surface area contributed by atoms with Crippen molar-refractivity contribution in [3.63, 3.8) is 0 Å². The first kappa shape index (κ1) is 11.5. The Kier molecular flexibility index (Phi) is 4.63. The van der Waals surface area contributed by atoms with Gasteiger partial charge in [0.05, 0.1) is 0 Å². The summed E-state index contributed by atoms with van der Waals surface area (Å²) >= 11 is 0. The highest BCUT2D eigenvalue weighted by atomic mass is 16.8. The van der Waals surface area contributed by atoms with Crippen molar-refractivity contribution in [2.45, 2.75) is 26.1 Å². The monoisotopic (exact) mass is 210 g/mol. The predicted molar refractivity (Wildman–Crippen MR) is 54.5 cm³/mol. The highest BCUT2D eigenvalue weighted by molar-refractivity contribution is 5.63. The molecule has 0 aliphatic heterocycles. The fourth-order valence-corrected chi connectivity index (χ4v) is 1.03. The van der Waals surface area contributed by atoms with E-state index in [4.69, 9.17) is 4.74 Å². The van der Waals surface area contributed by atoms with Crippen molar-refractivity contribution in [3.8, 4) is 5.75 Å². The minimum Gasteiger partial charge on any atom is -0.404 e. The molecule has 1 aromatic carbocycles. The van der Waals surface area contributed by atoms with Gasteiger partial charge in [-0.3, -0.25) is 0 Å². The topological polar surface area (TPSA) is 55.8 Å². The van der Waals surface area contributed by atoms with Crippen LogP contribution < -0.4 is 4.74 Å². The standard InChI is InChI=1S/C11H14O4/c1-2-6-10(12)15-11(13)14-9-7-4-3-5-8-9/h3-5,7-8,10,12H,2,6H2,1H3. The molecule has 0 spiro atoms. The maximum atomic E-state index is 11.1. The summed E-state index contributed by atoms with van der Waals surface area (Å²) in [5.41, 5.74) is 0. The lowest BCUT2D eigenvalue weighted by molar-refractivity contribution is -0.0715. The summed E-state index contributed by atoms with van der Waals surface area (Å²) in [4.78, 5) is 11.1. The van der Waals surface area contributed by atoms with E-state index in [1.165, 1.54) is 0 Å². The molecule has 15 heavy (non-hydrogen) atoms. The van der Waals surface area contributed by atoms with Crippen LogP contribution in [0.4, 0.5) is 4.79 Å². The van der Waals surface area contributed by atoms with Crippen LogP contribution in [0.2, 0.25) is 0 Å². The summed E-state index contributed by atoms with van der Waals surface area (Å²) in [7, 11) is 0. The third-order valence-corrected chi connectivity index (χ3v) is 1.71. The molecule has 0 fully saturated rings. The number of para-hydroxylation sites is 1. The zero-order valence-corrected chi connectivity index (χ0v) is 8.55. The van der Waals surface area contributed by atoms with E-state index in [-0.39, 0.29) is 0 Å². The molecule has 0 aliphatic carbocycles. The molecule has 1 rings (SSSR count). The molecule has 0 aliphatic rings. The van der Waals surface area contributed by atoms with Crippen LogP contribution in [0.15, 0.2) is 30.3 Å². The van der Waals surface area contributed by atoms with Crippen LogP contribution in [-0.2, 0) is 4.74 Å². The number of hydrogen-bond donors (Lipinski definition) is 1. The van der Waals surface area contributed by atoms with Gasteiger partial charge in [-0.1, -0.05) is 31.5 Å². The van der Waals surface area contributed by atoms with Crippen molar-refractivity contribution in [3.05, 3.63) is 30.3 Å². The summed E-state index contributed by atoms with van der Waals surface area (Å²) in [5.74, 6) is 0.395. The summed E-state index contributed by atoms with van der Waals surface area (Å²) in [6, 6.07) is 8.56. The summed E-state index contributed by atoms with van der Waals surface area (Å²) in [6.45, 7) is 1.88. The smallest absolute Gasteiger partial charge is 0.404 e. The Bertz CT molecular complexity index is 297. The van der Waals surface area contributed by atoms with E-state index in [0.29, 0.717) is 12.2 Å². The van der Waals surface area contributed by atoms with Crippen LogP contribution in [0.3, 0.4) is 0 Å². The van der Waals surface area contributed by atoms with E-state index in [2.05, 4.69) is 4.74 Å². The Hall–Kier alpha value is -1.55. The molecule has 0 heterocycles. The number of carbonyl (C=O) groups excluding carboxylic acids is 1. The molecule has 4 heteroatoms. The van der Waals surface area contributed by atoms with Crippen molar-refractivity contribution in [2.24, 2.45) is 0 Å². The number of carbonyl (C=O) groups is 1. The van der Waals surface area contributed by atoms with Gasteiger partial charge in [-0.15, -0.1) is 0 Å². The van der Waals surface area contributed by atoms with Crippen LogP contribution in [0.1, 0.15) is 19.8 Å². The first-order valence-electron chi connectivity index (χ1n) is 4.84. The van der Waals surface area contributed by atoms with Gasteiger partial charge in [0, 0.05) is 6.42 Å². The Labute approximate surface area is 88.4 Å². The molecule has 0 radical (unpaired) electrons. The highest BCUT2D eigenvalue weighted by Crippen LogP contribution is 2.10. The lowest BCUT2D eigenvalue weighted by Gasteiger charge is -2.10. The highest BCUT2D eigenvalue weighted by Gasteiger charge is 2.11. The molecule has 0 saturated heterocycles. The molecule has 1 N–H and O–H groups in total. The molecule has 82 valence electrons. The van der Waals surface area contributed by atoms with E-state index in [1.54, 1.807) is 24.3 Å². The summed E-state index contributed by atoms with van der Waals surface area (Å²) in [5, 5.41) is 9.17. The van der Waals surface area contributed by atoms with Gasteiger partial charge in [0.15, 0.2) is 0 Å². The maximum absolute atomic E-state index is 11.1. The lowest BCUT2D eigenvalue weighted by atomic mass is 10.3. The van der Waals surface area contributed by atoms with Crippen molar-refractivity contribution in [1.29, 1.82) is 0 Å². The molecule has 1 atom stereocenters. The van der Waals surface area contributed by atoms with Crippen molar-refractivity contribution >= 4 is 6.16 Å². The zero-order valence-electron chi connectivity index (χ0n) is 8.55. The minimum atomic E-state index is -1.09. The maximum Gasteiger partial charge on any atom is 0.516 e. The van der Waals surface area contributed by atoms with Gasteiger partial charge in [-0.2, -0.15) is 0 Å². The van der Waals surface area contributed by atoms with Crippen LogP contribution in [0, 0.1) is 0 Å². The number of benzene rings is 1. The molecule has 0 amide bonds. The van der Waals surface area contributed by atoms with Gasteiger partial charge in [0.1, 0.15) is 5.75 Å². The average molecular weight is 210 g/mol. The normalized spacial score (nSPS) is 11.9. The van der Waals surface area contributed by atoms with E-state index in [1.807, 2.05) is 13.0 Å². The SMILES string of the molecule is CCCC(O)OC(=O)Oc1ccccc1. The molecule has 4 nitrogen and oxygen atoms in total. The Balaban J connectivity index is 2.36. The fourth-order valence-electron chi connectivity index (χ4n) is 1.03. The Morgan fingerprint density at radius 1 is 1.40 bits per heavy atom. The third-order valence-electron chi connectivity index (χ3n) is 1.71. The van der Waals surface area contributed by atoms with Crippen LogP contribution >= 0.6 is 0 Å². The van der Waals surface area contributed by atoms with Gasteiger partial charge in [0.2, 0.25) is 6.29 Å². The van der Waals surface area contributed by atoms with Gasteiger partial charge in [-0.05, 0) is 12.1 Å². The molecule has 0 saturated carbocycles. The van der Waals surface area contributed by atoms with Gasteiger partial charge >= 0.3 is 6.16 Å². The van der Waals surface area contributed by atoms with Crippen molar-refractivity contribution in [2.75, 3.05) is 0 Å². The lowest BCUT2D eigenvalue weighted by Crippen LogP contribution is -2.20. The molecular formula is C11H14O4. The average Bonchev–Trinajstić information content (AvgIpc) is 2.19. The van der Waals surface area contributed by atoms with E-state index in [9.17, 15) is 9.90 Å². The number of hydrogen-bond acceptors (Lipinski definition) is 4. The second-order valence-corrected chi connectivity index (χ2v) is 3.03. The Morgan fingerprint density at radius 3 is 2.67 bits per heavy atom. The quantitative estimate of drug-likeness (QED) is 0.470. The molecule has 0 aromatic heterocycles. The third kappa shape index (κ3) is 4.46. The number of rotatable bonds is 4. The number of aliphatic hydroxyl groups excluding tert-OH is 1. The van der Waals surface area contributed by atoms with E-state index >= 15 is 0 Å². The van der Waals surface area contributed by atoms with Gasteiger partial charge < -0.3 is 14.6 Å². The van der Waals surface area contributed by atoms with E-state index in [0.717, 1.165) is 6.42 Å². The van der Waals surface area contributed by atoms with Crippen molar-refractivity contribution in [1.82, 2.24) is 0 Å². The second-order valence-electron chi connectivity index (χ2n) is 3.03. The van der Waals surface area contributed by atoms with Gasteiger partial charge in [0.25, 0.3) is 0 Å². The number of aliphatic hydroxyl groups is 1. The molecular weight excluding hydrogens is 196 g/mol. The Morgan fingerprint density at radius 2 is 2.07 bits per heavy atom. The first-order chi connectivity index (χ1) is 7.22. The number of ether oxygens (including phenoxy) is 2. The van der Waals surface area contributed by atoms with Gasteiger partial charge in [-0.25, -0.2) is 4.79 Å². The molecule has 0 bridgehead atoms. The summed E-state index contributed by atoms with van der Waals surface area (Å²) in [6.07, 6.45) is -0.836. The molecule has 1 aromatic rings. The fraction of sp³-hybridized carbons (Fsp3) is 0.364. The largest absolute Gasteiger partial charge is 0.516 e. The van der Waals surface area contributed by atoms with Crippen LogP contribution in [0.25, 0.3) is 0 Å². The van der Waals surface area contributed by atoms with Crippen LogP contribution in [-0.4, -0.2) is 17.6 Å². The predicted octanol–water partition coefficient (Wildman–Crippen LogP) is 2.32. The molecule has 1 unspecified atom stereocenters. The first-order valence-corrected chi connectivity index (χ1v) is 4.84. The van der Waals surface area contributed by atoms with Crippen LogP contribution in [0.5, 0.6) is 5.75 Å². The van der Waals surface area contributed by atoms with Crippen molar-refractivity contribution < 1.29 is 19.4 Å². The minimum absolute atomic E-state index is 0.395. The second kappa shape index (κ2) is 6.03. The zero-order chi connectivity index (χ0) is 11.1.